The third-order valence-corrected chi connectivity index (χ3v) is 1.87. The van der Waals surface area contributed by atoms with E-state index in [4.69, 9.17) is 0 Å². The van der Waals surface area contributed by atoms with E-state index in [0.29, 0.717) is 0 Å². The van der Waals surface area contributed by atoms with Crippen LogP contribution in [0.4, 0.5) is 13.2 Å². The molecule has 0 bridgehead atoms. The van der Waals surface area contributed by atoms with Gasteiger partial charge in [0.25, 0.3) is 0 Å². The van der Waals surface area contributed by atoms with E-state index in [1.54, 1.807) is 6.92 Å². The third kappa shape index (κ3) is 4.50. The number of halogens is 3. The fourth-order valence-electron chi connectivity index (χ4n) is 1.12. The van der Waals surface area contributed by atoms with Gasteiger partial charge >= 0.3 is 57.6 Å². The van der Waals surface area contributed by atoms with E-state index in [1.807, 2.05) is 5.28 Å². The topological polar surface area (TPSA) is 47.8 Å². The van der Waals surface area contributed by atoms with Gasteiger partial charge in [0.2, 0.25) is 0 Å². The largest absolute Gasteiger partial charge is 1.00 e. The quantitative estimate of drug-likeness (QED) is 0.433. The first kappa shape index (κ1) is 16.0. The minimum absolute atomic E-state index is 0. The number of benzene rings is 1. The van der Waals surface area contributed by atoms with Crippen LogP contribution < -0.4 is 51.4 Å². The van der Waals surface area contributed by atoms with Crippen molar-refractivity contribution in [1.82, 2.24) is 0 Å². The molecule has 0 aliphatic rings. The maximum atomic E-state index is 12.4. The summed E-state index contributed by atoms with van der Waals surface area (Å²) >= 11 is 0. The molecular formula is C9H8F3KN2O. The Hall–Kier alpha value is 0.0464. The fraction of sp³-hybridized carbons (Fsp3) is 0.333. The molecule has 0 radical (unpaired) electrons. The molecule has 0 aromatic heterocycles. The molecule has 3 nitrogen and oxygen atoms in total. The monoisotopic (exact) mass is 256 g/mol. The molecule has 1 atom stereocenters. The van der Waals surface area contributed by atoms with Crippen LogP contribution in [0.3, 0.4) is 0 Å². The van der Waals surface area contributed by atoms with Gasteiger partial charge in [0.05, 0.1) is 0 Å². The van der Waals surface area contributed by atoms with Gasteiger partial charge in [-0.25, -0.2) is 5.28 Å². The van der Waals surface area contributed by atoms with Gasteiger partial charge in [0, 0.05) is 0 Å². The van der Waals surface area contributed by atoms with Gasteiger partial charge < -0.3 is 5.21 Å². The van der Waals surface area contributed by atoms with E-state index < -0.39 is 12.2 Å². The van der Waals surface area contributed by atoms with E-state index >= 15 is 0 Å². The third-order valence-electron chi connectivity index (χ3n) is 1.87. The summed E-state index contributed by atoms with van der Waals surface area (Å²) in [6.07, 6.45) is -4.59. The van der Waals surface area contributed by atoms with Gasteiger partial charge in [-0.1, -0.05) is 29.8 Å². The van der Waals surface area contributed by atoms with Crippen molar-refractivity contribution < 1.29 is 64.6 Å². The molecule has 82 valence electrons. The average molecular weight is 256 g/mol. The van der Waals surface area contributed by atoms with Crippen LogP contribution in [0, 0.1) is 12.1 Å². The van der Waals surface area contributed by atoms with Crippen molar-refractivity contribution in [2.24, 2.45) is 10.4 Å². The molecule has 0 aliphatic heterocycles. The molecule has 0 amide bonds. The maximum absolute atomic E-state index is 12.4. The van der Waals surface area contributed by atoms with Crippen LogP contribution >= 0.6 is 0 Å². The van der Waals surface area contributed by atoms with Gasteiger partial charge in [-0.05, 0) is 12.5 Å². The van der Waals surface area contributed by atoms with Crippen LogP contribution in [0.1, 0.15) is 17.2 Å². The molecule has 1 aromatic rings. The first-order chi connectivity index (χ1) is 6.95. The Balaban J connectivity index is 0.00000225. The molecule has 0 spiro atoms. The number of alkyl halides is 3. The number of aryl methyl sites for hydroxylation is 1. The van der Waals surface area contributed by atoms with Crippen molar-refractivity contribution in [3.63, 3.8) is 0 Å². The number of rotatable bonds is 2. The molecule has 0 heterocycles. The van der Waals surface area contributed by atoms with Crippen LogP contribution in [-0.2, 0) is 0 Å². The molecule has 16 heavy (non-hydrogen) atoms. The molecule has 1 rings (SSSR count). The zero-order valence-corrected chi connectivity index (χ0v) is 11.9. The molecule has 7 heteroatoms. The van der Waals surface area contributed by atoms with Crippen LogP contribution in [0.5, 0.6) is 0 Å². The molecule has 0 N–H and O–H groups in total. The first-order valence-corrected chi connectivity index (χ1v) is 4.11. The van der Waals surface area contributed by atoms with Crippen molar-refractivity contribution in [1.29, 1.82) is 0 Å². The molecule has 0 saturated heterocycles. The molecule has 0 saturated carbocycles. The summed E-state index contributed by atoms with van der Waals surface area (Å²) in [5, 5.41) is 14.4. The Morgan fingerprint density at radius 3 is 2.06 bits per heavy atom. The van der Waals surface area contributed by atoms with Crippen molar-refractivity contribution >= 4 is 0 Å². The predicted molar refractivity (Wildman–Crippen MR) is 48.2 cm³/mol. The van der Waals surface area contributed by atoms with Crippen LogP contribution in [0.15, 0.2) is 34.7 Å². The minimum Gasteiger partial charge on any atom is -0.775 e. The van der Waals surface area contributed by atoms with Crippen molar-refractivity contribution in [3.8, 4) is 0 Å². The second-order valence-electron chi connectivity index (χ2n) is 3.05. The normalized spacial score (nSPS) is 13.5. The molecule has 0 aliphatic carbocycles. The minimum atomic E-state index is -4.59. The SMILES string of the molecule is Cc1ccc(C(N=N[O-])C(F)(F)F)cc1.[K+]. The van der Waals surface area contributed by atoms with Gasteiger partial charge in [-0.3, -0.25) is 0 Å². The van der Waals surface area contributed by atoms with Gasteiger partial charge in [-0.15, -0.1) is 0 Å². The smallest absolute Gasteiger partial charge is 0.775 e. The number of hydrogen-bond acceptors (Lipinski definition) is 3. The Bertz CT molecular complexity index is 351. The molecule has 0 fully saturated rings. The molecule has 1 unspecified atom stereocenters. The van der Waals surface area contributed by atoms with Crippen molar-refractivity contribution in [2.75, 3.05) is 0 Å². The van der Waals surface area contributed by atoms with Crippen molar-refractivity contribution in [2.45, 2.75) is 19.1 Å². The fourth-order valence-corrected chi connectivity index (χ4v) is 1.12. The summed E-state index contributed by atoms with van der Waals surface area (Å²) in [5.41, 5.74) is 0.742. The maximum Gasteiger partial charge on any atom is 1.00 e. The summed E-state index contributed by atoms with van der Waals surface area (Å²) in [6, 6.07) is 3.43. The van der Waals surface area contributed by atoms with E-state index in [-0.39, 0.29) is 56.9 Å². The van der Waals surface area contributed by atoms with Crippen molar-refractivity contribution in [3.05, 3.63) is 40.6 Å². The van der Waals surface area contributed by atoms with Crippen LogP contribution in [-0.4, -0.2) is 6.18 Å². The Morgan fingerprint density at radius 1 is 1.19 bits per heavy atom. The first-order valence-electron chi connectivity index (χ1n) is 4.11. The standard InChI is InChI=1S/C9H9F3N2O.K/c1-6-2-4-7(5-3-6)8(13-14-15)9(10,11)12;/h2-5,8H,1H3,(H,13,15);/q;+1/p-1. The Morgan fingerprint density at radius 2 is 1.69 bits per heavy atom. The van der Waals surface area contributed by atoms with E-state index in [0.717, 1.165) is 5.56 Å². The van der Waals surface area contributed by atoms with Gasteiger partial charge in [0.15, 0.2) is 6.04 Å². The molecule has 1 aromatic carbocycles. The van der Waals surface area contributed by atoms with Gasteiger partial charge in [-0.2, -0.15) is 18.3 Å². The van der Waals surface area contributed by atoms with Gasteiger partial charge in [0.1, 0.15) is 0 Å². The Kier molecular flexibility index (Phi) is 6.72. The zero-order chi connectivity index (χ0) is 11.5. The van der Waals surface area contributed by atoms with E-state index in [2.05, 4.69) is 5.11 Å². The van der Waals surface area contributed by atoms with E-state index in [1.165, 1.54) is 24.3 Å². The summed E-state index contributed by atoms with van der Waals surface area (Å²) < 4.78 is 37.2. The Labute approximate surface area is 133 Å². The summed E-state index contributed by atoms with van der Waals surface area (Å²) in [7, 11) is 0. The number of hydrogen-bond donors (Lipinski definition) is 0. The summed E-state index contributed by atoms with van der Waals surface area (Å²) in [4.78, 5) is 0. The average Bonchev–Trinajstić information content (AvgIpc) is 2.14. The van der Waals surface area contributed by atoms with Crippen LogP contribution in [0.2, 0.25) is 0 Å². The second kappa shape index (κ2) is 6.70. The van der Waals surface area contributed by atoms with E-state index in [9.17, 15) is 18.4 Å². The van der Waals surface area contributed by atoms with Crippen LogP contribution in [0.25, 0.3) is 0 Å². The second-order valence-corrected chi connectivity index (χ2v) is 3.05. The summed E-state index contributed by atoms with van der Waals surface area (Å²) in [6.45, 7) is 1.75. The molecular weight excluding hydrogens is 248 g/mol. The summed E-state index contributed by atoms with van der Waals surface area (Å²) in [5.74, 6) is 0. The number of nitrogens with zero attached hydrogens (tertiary/aromatic N) is 2. The zero-order valence-electron chi connectivity index (χ0n) is 8.82. The predicted octanol–water partition coefficient (Wildman–Crippen LogP) is 0.552.